The van der Waals surface area contributed by atoms with Crippen molar-refractivity contribution in [3.05, 3.63) is 29.3 Å². The highest BCUT2D eigenvalue weighted by Gasteiger charge is 2.16. The van der Waals surface area contributed by atoms with Crippen LogP contribution in [0.15, 0.2) is 18.2 Å². The fraction of sp³-hybridized carbons (Fsp3) is 0.533. The number of ether oxygens (including phenoxy) is 1. The largest absolute Gasteiger partial charge is 0.384 e. The first-order valence-electron chi connectivity index (χ1n) is 7.05. The van der Waals surface area contributed by atoms with Gasteiger partial charge in [-0.1, -0.05) is 0 Å². The minimum absolute atomic E-state index is 0.160. The molecule has 3 rings (SSSR count). The zero-order valence-electron chi connectivity index (χ0n) is 11.1. The number of hydrogen-bond donors (Lipinski definition) is 2. The van der Waals surface area contributed by atoms with E-state index in [2.05, 4.69) is 10.6 Å². The number of carbonyl (C=O) groups is 1. The molecule has 2 heterocycles. The number of benzene rings is 1. The molecule has 1 saturated heterocycles. The van der Waals surface area contributed by atoms with Crippen LogP contribution in [0, 0.1) is 0 Å². The first-order valence-corrected chi connectivity index (χ1v) is 7.05. The highest BCUT2D eigenvalue weighted by atomic mass is 16.5. The Balaban J connectivity index is 1.52. The van der Waals surface area contributed by atoms with E-state index in [4.69, 9.17) is 4.74 Å². The monoisotopic (exact) mass is 260 g/mol. The van der Waals surface area contributed by atoms with Crippen LogP contribution in [0.25, 0.3) is 0 Å². The summed E-state index contributed by atoms with van der Waals surface area (Å²) in [5.41, 5.74) is 3.23. The summed E-state index contributed by atoms with van der Waals surface area (Å²) in [7, 11) is 0. The first-order chi connectivity index (χ1) is 9.33. The van der Waals surface area contributed by atoms with Crippen LogP contribution in [0.3, 0.4) is 0 Å². The Bertz CT molecular complexity index is 467. The van der Waals surface area contributed by atoms with Gasteiger partial charge in [0.05, 0.1) is 12.6 Å². The van der Waals surface area contributed by atoms with Gasteiger partial charge < -0.3 is 15.4 Å². The molecule has 1 fully saturated rings. The summed E-state index contributed by atoms with van der Waals surface area (Å²) >= 11 is 0. The normalized spacial score (nSPS) is 21.2. The molecule has 19 heavy (non-hydrogen) atoms. The SMILES string of the molecule is O=C(CNCC1CCCO1)c1ccc2c(c1)CCN2. The van der Waals surface area contributed by atoms with E-state index in [0.29, 0.717) is 6.54 Å². The summed E-state index contributed by atoms with van der Waals surface area (Å²) in [6.07, 6.45) is 3.54. The predicted molar refractivity (Wildman–Crippen MR) is 74.8 cm³/mol. The maximum Gasteiger partial charge on any atom is 0.176 e. The third-order valence-corrected chi connectivity index (χ3v) is 3.82. The fourth-order valence-electron chi connectivity index (χ4n) is 2.73. The summed E-state index contributed by atoms with van der Waals surface area (Å²) < 4.78 is 5.52. The molecule has 102 valence electrons. The second kappa shape index (κ2) is 5.72. The molecule has 0 aliphatic carbocycles. The van der Waals surface area contributed by atoms with Crippen molar-refractivity contribution in [3.63, 3.8) is 0 Å². The molecular formula is C15H20N2O2. The van der Waals surface area contributed by atoms with E-state index >= 15 is 0 Å². The molecule has 2 N–H and O–H groups in total. The number of ketones is 1. The number of fused-ring (bicyclic) bond motifs is 1. The van der Waals surface area contributed by atoms with Crippen molar-refractivity contribution in [2.24, 2.45) is 0 Å². The van der Waals surface area contributed by atoms with E-state index in [0.717, 1.165) is 44.5 Å². The molecule has 1 unspecified atom stereocenters. The minimum Gasteiger partial charge on any atom is -0.384 e. The molecule has 0 saturated carbocycles. The topological polar surface area (TPSA) is 50.4 Å². The molecule has 0 aromatic heterocycles. The Morgan fingerprint density at radius 2 is 2.42 bits per heavy atom. The van der Waals surface area contributed by atoms with E-state index < -0.39 is 0 Å². The molecular weight excluding hydrogens is 240 g/mol. The zero-order valence-corrected chi connectivity index (χ0v) is 11.1. The third-order valence-electron chi connectivity index (χ3n) is 3.82. The molecule has 0 radical (unpaired) electrons. The second-order valence-corrected chi connectivity index (χ2v) is 5.24. The molecule has 0 bridgehead atoms. The summed E-state index contributed by atoms with van der Waals surface area (Å²) in [6.45, 7) is 3.01. The lowest BCUT2D eigenvalue weighted by molar-refractivity contribution is 0.0955. The van der Waals surface area contributed by atoms with Crippen molar-refractivity contribution in [1.82, 2.24) is 5.32 Å². The first kappa shape index (κ1) is 12.6. The van der Waals surface area contributed by atoms with E-state index in [1.54, 1.807) is 0 Å². The van der Waals surface area contributed by atoms with Gasteiger partial charge in [0.15, 0.2) is 5.78 Å². The van der Waals surface area contributed by atoms with Gasteiger partial charge in [-0.05, 0) is 43.0 Å². The molecule has 0 amide bonds. The molecule has 2 aliphatic heterocycles. The number of nitrogens with one attached hydrogen (secondary N) is 2. The van der Waals surface area contributed by atoms with Crippen LogP contribution in [-0.4, -0.2) is 38.1 Å². The zero-order chi connectivity index (χ0) is 13.1. The lowest BCUT2D eigenvalue weighted by atomic mass is 10.1. The number of Topliss-reactive ketones (excluding diaryl/α,β-unsaturated/α-hetero) is 1. The van der Waals surface area contributed by atoms with Crippen LogP contribution in [0.4, 0.5) is 5.69 Å². The highest BCUT2D eigenvalue weighted by Crippen LogP contribution is 2.23. The van der Waals surface area contributed by atoms with Gasteiger partial charge in [0, 0.05) is 30.9 Å². The highest BCUT2D eigenvalue weighted by molar-refractivity contribution is 5.98. The smallest absolute Gasteiger partial charge is 0.176 e. The van der Waals surface area contributed by atoms with Crippen molar-refractivity contribution >= 4 is 11.5 Å². The number of hydrogen-bond acceptors (Lipinski definition) is 4. The van der Waals surface area contributed by atoms with Crippen LogP contribution in [0.2, 0.25) is 0 Å². The van der Waals surface area contributed by atoms with E-state index in [1.165, 1.54) is 11.3 Å². The lowest BCUT2D eigenvalue weighted by Crippen LogP contribution is -2.30. The lowest BCUT2D eigenvalue weighted by Gasteiger charge is -2.10. The van der Waals surface area contributed by atoms with Gasteiger partial charge in [-0.25, -0.2) is 0 Å². The van der Waals surface area contributed by atoms with Gasteiger partial charge in [0.25, 0.3) is 0 Å². The molecule has 1 aromatic carbocycles. The van der Waals surface area contributed by atoms with Crippen molar-refractivity contribution in [2.75, 3.05) is 31.6 Å². The van der Waals surface area contributed by atoms with Gasteiger partial charge >= 0.3 is 0 Å². The average Bonchev–Trinajstić information content (AvgIpc) is 3.08. The van der Waals surface area contributed by atoms with Gasteiger partial charge in [0.2, 0.25) is 0 Å². The molecule has 4 nitrogen and oxygen atoms in total. The number of anilines is 1. The van der Waals surface area contributed by atoms with Crippen molar-refractivity contribution < 1.29 is 9.53 Å². The van der Waals surface area contributed by atoms with Gasteiger partial charge in [-0.3, -0.25) is 4.79 Å². The standard InChI is InChI=1S/C15H20N2O2/c18-15(10-16-9-13-2-1-7-19-13)12-3-4-14-11(8-12)5-6-17-14/h3-4,8,13,16-17H,1-2,5-7,9-10H2. The van der Waals surface area contributed by atoms with Crippen molar-refractivity contribution in [2.45, 2.75) is 25.4 Å². The van der Waals surface area contributed by atoms with Crippen LogP contribution in [0.5, 0.6) is 0 Å². The minimum atomic E-state index is 0.160. The number of rotatable bonds is 5. The Hall–Kier alpha value is -1.39. The maximum absolute atomic E-state index is 12.1. The Morgan fingerprint density at radius 3 is 3.26 bits per heavy atom. The Kier molecular flexibility index (Phi) is 3.80. The fourth-order valence-corrected chi connectivity index (χ4v) is 2.73. The Morgan fingerprint density at radius 1 is 1.47 bits per heavy atom. The summed E-state index contributed by atoms with van der Waals surface area (Å²) in [5, 5.41) is 6.51. The number of carbonyl (C=O) groups excluding carboxylic acids is 1. The van der Waals surface area contributed by atoms with Crippen LogP contribution in [0.1, 0.15) is 28.8 Å². The molecule has 1 atom stereocenters. The molecule has 2 aliphatic rings. The van der Waals surface area contributed by atoms with Crippen molar-refractivity contribution in [1.29, 1.82) is 0 Å². The Labute approximate surface area is 113 Å². The van der Waals surface area contributed by atoms with E-state index in [9.17, 15) is 4.79 Å². The quantitative estimate of drug-likeness (QED) is 0.790. The van der Waals surface area contributed by atoms with Gasteiger partial charge in [-0.15, -0.1) is 0 Å². The predicted octanol–water partition coefficient (Wildman–Crippen LogP) is 1.61. The average molecular weight is 260 g/mol. The van der Waals surface area contributed by atoms with Crippen molar-refractivity contribution in [3.8, 4) is 0 Å². The summed E-state index contributed by atoms with van der Waals surface area (Å²) in [4.78, 5) is 12.1. The second-order valence-electron chi connectivity index (χ2n) is 5.24. The summed E-state index contributed by atoms with van der Waals surface area (Å²) in [6, 6.07) is 5.94. The van der Waals surface area contributed by atoms with Gasteiger partial charge in [0.1, 0.15) is 0 Å². The molecule has 0 spiro atoms. The third kappa shape index (κ3) is 2.96. The molecule has 4 heteroatoms. The maximum atomic E-state index is 12.1. The van der Waals surface area contributed by atoms with E-state index in [1.807, 2.05) is 18.2 Å². The summed E-state index contributed by atoms with van der Waals surface area (Å²) in [5.74, 6) is 0.160. The van der Waals surface area contributed by atoms with E-state index in [-0.39, 0.29) is 11.9 Å². The van der Waals surface area contributed by atoms with Gasteiger partial charge in [-0.2, -0.15) is 0 Å². The van der Waals surface area contributed by atoms with Crippen LogP contribution in [-0.2, 0) is 11.2 Å². The molecule has 1 aromatic rings. The van der Waals surface area contributed by atoms with Crippen LogP contribution < -0.4 is 10.6 Å². The van der Waals surface area contributed by atoms with Crippen LogP contribution >= 0.6 is 0 Å².